The van der Waals surface area contributed by atoms with Gasteiger partial charge in [-0.05, 0) is 0 Å². The molecule has 1 aromatic rings. The minimum absolute atomic E-state index is 0.0113. The summed E-state index contributed by atoms with van der Waals surface area (Å²) in [5, 5.41) is 10.8. The molecule has 2 amide bonds. The lowest BCUT2D eigenvalue weighted by atomic mass is 9.92. The summed E-state index contributed by atoms with van der Waals surface area (Å²) in [7, 11) is 0. The lowest BCUT2D eigenvalue weighted by Crippen LogP contribution is -2.32. The first-order valence-electron chi connectivity index (χ1n) is 6.10. The number of amides is 2. The summed E-state index contributed by atoms with van der Waals surface area (Å²) in [4.78, 5) is 35.3. The maximum atomic E-state index is 12.1. The Hall–Kier alpha value is -2.44. The van der Waals surface area contributed by atoms with E-state index in [0.29, 0.717) is 5.56 Å². The van der Waals surface area contributed by atoms with E-state index in [2.05, 4.69) is 0 Å². The molecule has 1 aliphatic rings. The molecule has 0 spiro atoms. The summed E-state index contributed by atoms with van der Waals surface area (Å²) in [5.74, 6) is -0.570. The molecule has 1 aliphatic heterocycles. The van der Waals surface area contributed by atoms with Crippen LogP contribution in [0.1, 0.15) is 25.8 Å². The highest BCUT2D eigenvalue weighted by Crippen LogP contribution is 2.34. The molecule has 7 nitrogen and oxygen atoms in total. The second kappa shape index (κ2) is 4.59. The van der Waals surface area contributed by atoms with Crippen LogP contribution in [0.5, 0.6) is 0 Å². The van der Waals surface area contributed by atoms with Gasteiger partial charge < -0.3 is 5.73 Å². The second-order valence-electron chi connectivity index (χ2n) is 5.45. The number of rotatable bonds is 3. The molecule has 106 valence electrons. The van der Waals surface area contributed by atoms with Gasteiger partial charge in [0.25, 0.3) is 5.69 Å². The SMILES string of the molecule is CC1(C)CC(=O)N(Cc2cccc([N+](=O)[O-])c2N)C1=O. The number of nitro benzene ring substituents is 1. The van der Waals surface area contributed by atoms with Gasteiger partial charge in [-0.3, -0.25) is 24.6 Å². The zero-order valence-electron chi connectivity index (χ0n) is 11.3. The van der Waals surface area contributed by atoms with Crippen LogP contribution in [-0.4, -0.2) is 21.6 Å². The summed E-state index contributed by atoms with van der Waals surface area (Å²) in [5.41, 5.74) is 5.17. The second-order valence-corrected chi connectivity index (χ2v) is 5.45. The van der Waals surface area contributed by atoms with Crippen LogP contribution in [0.3, 0.4) is 0 Å². The number of nitrogens with zero attached hydrogens (tertiary/aromatic N) is 2. The van der Waals surface area contributed by atoms with Crippen LogP contribution in [0.2, 0.25) is 0 Å². The highest BCUT2D eigenvalue weighted by atomic mass is 16.6. The summed E-state index contributed by atoms with van der Waals surface area (Å²) in [6.45, 7) is 3.36. The molecule has 1 fully saturated rings. The summed E-state index contributed by atoms with van der Waals surface area (Å²) >= 11 is 0. The molecule has 0 unspecified atom stereocenters. The van der Waals surface area contributed by atoms with E-state index in [4.69, 9.17) is 5.73 Å². The van der Waals surface area contributed by atoms with Gasteiger partial charge in [-0.2, -0.15) is 0 Å². The first-order chi connectivity index (χ1) is 9.24. The average Bonchev–Trinajstić information content (AvgIpc) is 2.53. The van der Waals surface area contributed by atoms with Gasteiger partial charge >= 0.3 is 0 Å². The molecule has 2 N–H and O–H groups in total. The number of nitrogens with two attached hydrogens (primary N) is 1. The Balaban J connectivity index is 2.32. The van der Waals surface area contributed by atoms with Crippen LogP contribution in [0, 0.1) is 15.5 Å². The molecular weight excluding hydrogens is 262 g/mol. The van der Waals surface area contributed by atoms with Crippen molar-refractivity contribution in [3.8, 4) is 0 Å². The fourth-order valence-electron chi connectivity index (χ4n) is 2.25. The summed E-state index contributed by atoms with van der Waals surface area (Å²) in [6.07, 6.45) is 0.140. The average molecular weight is 277 g/mol. The number of imide groups is 1. The first-order valence-corrected chi connectivity index (χ1v) is 6.10. The van der Waals surface area contributed by atoms with Crippen molar-refractivity contribution in [1.82, 2.24) is 4.90 Å². The predicted molar refractivity (Wildman–Crippen MR) is 71.5 cm³/mol. The third-order valence-corrected chi connectivity index (χ3v) is 3.42. The molecule has 7 heteroatoms. The summed E-state index contributed by atoms with van der Waals surface area (Å²) < 4.78 is 0. The minimum Gasteiger partial charge on any atom is -0.393 e. The Labute approximate surface area is 115 Å². The molecule has 20 heavy (non-hydrogen) atoms. The largest absolute Gasteiger partial charge is 0.393 e. The molecule has 1 saturated heterocycles. The molecule has 0 saturated carbocycles. The van der Waals surface area contributed by atoms with Crippen LogP contribution < -0.4 is 5.73 Å². The molecule has 2 rings (SSSR count). The van der Waals surface area contributed by atoms with Crippen LogP contribution in [0.15, 0.2) is 18.2 Å². The van der Waals surface area contributed by atoms with Gasteiger partial charge in [0.1, 0.15) is 5.69 Å². The molecular formula is C13H15N3O4. The number of hydrogen-bond acceptors (Lipinski definition) is 5. The molecule has 0 atom stereocenters. The van der Waals surface area contributed by atoms with Gasteiger partial charge in [0, 0.05) is 18.1 Å². The molecule has 1 aromatic carbocycles. The summed E-state index contributed by atoms with van der Waals surface area (Å²) in [6, 6.07) is 4.35. The van der Waals surface area contributed by atoms with Gasteiger partial charge in [0.15, 0.2) is 0 Å². The number of carbonyl (C=O) groups excluding carboxylic acids is 2. The highest BCUT2D eigenvalue weighted by molar-refractivity contribution is 6.05. The van der Waals surface area contributed by atoms with Crippen molar-refractivity contribution in [3.05, 3.63) is 33.9 Å². The lowest BCUT2D eigenvalue weighted by Gasteiger charge is -2.18. The normalized spacial score (nSPS) is 17.6. The topological polar surface area (TPSA) is 107 Å². The highest BCUT2D eigenvalue weighted by Gasteiger charge is 2.44. The quantitative estimate of drug-likeness (QED) is 0.389. The van der Waals surface area contributed by atoms with Crippen molar-refractivity contribution >= 4 is 23.2 Å². The van der Waals surface area contributed by atoms with Gasteiger partial charge in [-0.1, -0.05) is 26.0 Å². The van der Waals surface area contributed by atoms with Crippen molar-refractivity contribution in [1.29, 1.82) is 0 Å². The maximum absolute atomic E-state index is 12.1. The molecule has 0 bridgehead atoms. The van der Waals surface area contributed by atoms with Crippen molar-refractivity contribution < 1.29 is 14.5 Å². The van der Waals surface area contributed by atoms with Crippen LogP contribution in [0.25, 0.3) is 0 Å². The third-order valence-electron chi connectivity index (χ3n) is 3.42. The van der Waals surface area contributed by atoms with Crippen molar-refractivity contribution in [3.63, 3.8) is 0 Å². The maximum Gasteiger partial charge on any atom is 0.292 e. The van der Waals surface area contributed by atoms with Gasteiger partial charge in [-0.25, -0.2) is 0 Å². The van der Waals surface area contributed by atoms with Crippen molar-refractivity contribution in [2.24, 2.45) is 5.41 Å². The standard InChI is InChI=1S/C13H15N3O4/c1-13(2)6-10(17)15(12(13)18)7-8-4-3-5-9(11(8)14)16(19)20/h3-5H,6-7,14H2,1-2H3. The fourth-order valence-corrected chi connectivity index (χ4v) is 2.25. The monoisotopic (exact) mass is 277 g/mol. The Morgan fingerprint density at radius 1 is 1.40 bits per heavy atom. The first kappa shape index (κ1) is 14.0. The number of nitrogen functional groups attached to an aromatic ring is 1. The van der Waals surface area contributed by atoms with Crippen LogP contribution in [-0.2, 0) is 16.1 Å². The fraction of sp³-hybridized carbons (Fsp3) is 0.385. The van der Waals surface area contributed by atoms with E-state index in [0.717, 1.165) is 4.90 Å². The van der Waals surface area contributed by atoms with E-state index in [-0.39, 0.29) is 36.2 Å². The van der Waals surface area contributed by atoms with Gasteiger partial charge in [-0.15, -0.1) is 0 Å². The molecule has 1 heterocycles. The zero-order chi connectivity index (χ0) is 15.1. The van der Waals surface area contributed by atoms with E-state index in [9.17, 15) is 19.7 Å². The lowest BCUT2D eigenvalue weighted by molar-refractivity contribution is -0.384. The Bertz CT molecular complexity index is 610. The van der Waals surface area contributed by atoms with Crippen molar-refractivity contribution in [2.45, 2.75) is 26.8 Å². The number of nitro groups is 1. The van der Waals surface area contributed by atoms with Gasteiger partial charge in [0.2, 0.25) is 11.8 Å². The van der Waals surface area contributed by atoms with Crippen LogP contribution >= 0.6 is 0 Å². The predicted octanol–water partition coefficient (Wildman–Crippen LogP) is 1.46. The van der Waals surface area contributed by atoms with E-state index in [1.807, 2.05) is 0 Å². The Kier molecular flexibility index (Phi) is 3.21. The molecule has 0 aromatic heterocycles. The third kappa shape index (κ3) is 2.22. The molecule has 0 aliphatic carbocycles. The number of likely N-dealkylation sites (tertiary alicyclic amines) is 1. The van der Waals surface area contributed by atoms with Crippen molar-refractivity contribution in [2.75, 3.05) is 5.73 Å². The number of hydrogen-bond donors (Lipinski definition) is 1. The van der Waals surface area contributed by atoms with E-state index in [1.165, 1.54) is 12.1 Å². The van der Waals surface area contributed by atoms with E-state index < -0.39 is 10.3 Å². The number of para-hydroxylation sites is 1. The minimum atomic E-state index is -0.730. The van der Waals surface area contributed by atoms with Crippen LogP contribution in [0.4, 0.5) is 11.4 Å². The van der Waals surface area contributed by atoms with E-state index in [1.54, 1.807) is 19.9 Å². The number of benzene rings is 1. The Morgan fingerprint density at radius 2 is 2.05 bits per heavy atom. The van der Waals surface area contributed by atoms with E-state index >= 15 is 0 Å². The smallest absolute Gasteiger partial charge is 0.292 e. The molecule has 0 radical (unpaired) electrons. The zero-order valence-corrected chi connectivity index (χ0v) is 11.3. The Morgan fingerprint density at radius 3 is 2.55 bits per heavy atom. The van der Waals surface area contributed by atoms with Gasteiger partial charge in [0.05, 0.1) is 16.9 Å². The number of anilines is 1. The number of carbonyl (C=O) groups is 2.